The third-order valence-electron chi connectivity index (χ3n) is 5.01. The van der Waals surface area contributed by atoms with Crippen molar-refractivity contribution in [2.75, 3.05) is 26.2 Å². The van der Waals surface area contributed by atoms with Gasteiger partial charge in [0.15, 0.2) is 11.5 Å². The van der Waals surface area contributed by atoms with Crippen LogP contribution >= 0.6 is 0 Å². The zero-order valence-electron chi connectivity index (χ0n) is 16.5. The van der Waals surface area contributed by atoms with E-state index in [1.54, 1.807) is 32.5 Å². The van der Waals surface area contributed by atoms with Crippen LogP contribution in [0.4, 0.5) is 13.2 Å². The number of aromatic nitrogens is 3. The van der Waals surface area contributed by atoms with Gasteiger partial charge in [0.2, 0.25) is 5.91 Å². The van der Waals surface area contributed by atoms with Gasteiger partial charge in [-0.05, 0) is 36.4 Å². The van der Waals surface area contributed by atoms with Crippen molar-refractivity contribution in [3.8, 4) is 17.1 Å². The van der Waals surface area contributed by atoms with E-state index in [9.17, 15) is 22.8 Å². The first-order valence-corrected chi connectivity index (χ1v) is 9.47. The van der Waals surface area contributed by atoms with Crippen molar-refractivity contribution in [1.29, 1.82) is 0 Å². The highest BCUT2D eigenvalue weighted by atomic mass is 19.4. The molecule has 0 bridgehead atoms. The highest BCUT2D eigenvalue weighted by Crippen LogP contribution is 2.26. The van der Waals surface area contributed by atoms with Crippen molar-refractivity contribution >= 4 is 17.5 Å². The number of amides is 2. The number of carbonyl (C=O) groups is 2. The molecule has 0 saturated carbocycles. The highest BCUT2D eigenvalue weighted by Gasteiger charge is 2.31. The number of rotatable bonds is 3. The lowest BCUT2D eigenvalue weighted by atomic mass is 10.2. The SMILES string of the molecule is CC(=O)N1CCN(C(=O)c2ccc3nnc(-c4ccc(OC(F)(F)F)cc4)n3c2)CC1. The molecule has 11 heteroatoms. The van der Waals surface area contributed by atoms with Crippen molar-refractivity contribution < 1.29 is 27.5 Å². The summed E-state index contributed by atoms with van der Waals surface area (Å²) < 4.78 is 42.6. The molecule has 8 nitrogen and oxygen atoms in total. The normalized spacial score (nSPS) is 14.7. The molecule has 3 aromatic rings. The lowest BCUT2D eigenvalue weighted by Crippen LogP contribution is -2.50. The maximum absolute atomic E-state index is 12.9. The molecule has 0 N–H and O–H groups in total. The molecule has 0 radical (unpaired) electrons. The number of nitrogens with zero attached hydrogens (tertiary/aromatic N) is 5. The van der Waals surface area contributed by atoms with Gasteiger partial charge in [-0.1, -0.05) is 0 Å². The van der Waals surface area contributed by atoms with Crippen molar-refractivity contribution in [3.05, 3.63) is 48.2 Å². The Morgan fingerprint density at radius 1 is 0.935 bits per heavy atom. The largest absolute Gasteiger partial charge is 0.573 e. The lowest BCUT2D eigenvalue weighted by molar-refractivity contribution is -0.274. The molecule has 0 unspecified atom stereocenters. The van der Waals surface area contributed by atoms with E-state index in [1.165, 1.54) is 31.2 Å². The van der Waals surface area contributed by atoms with Crippen LogP contribution in [0, 0.1) is 0 Å². The summed E-state index contributed by atoms with van der Waals surface area (Å²) in [4.78, 5) is 27.7. The van der Waals surface area contributed by atoms with Gasteiger partial charge in [-0.15, -0.1) is 23.4 Å². The van der Waals surface area contributed by atoms with E-state index >= 15 is 0 Å². The molecule has 4 rings (SSSR count). The number of piperazine rings is 1. The van der Waals surface area contributed by atoms with Gasteiger partial charge in [-0.25, -0.2) is 0 Å². The predicted molar refractivity (Wildman–Crippen MR) is 103 cm³/mol. The number of hydrogen-bond acceptors (Lipinski definition) is 5. The average Bonchev–Trinajstić information content (AvgIpc) is 3.16. The molecule has 0 aliphatic carbocycles. The Bertz CT molecular complexity index is 1120. The number of fused-ring (bicyclic) bond motifs is 1. The number of ether oxygens (including phenoxy) is 1. The third-order valence-corrected chi connectivity index (χ3v) is 5.01. The molecule has 3 heterocycles. The summed E-state index contributed by atoms with van der Waals surface area (Å²) in [5, 5.41) is 8.14. The number of hydrogen-bond donors (Lipinski definition) is 0. The minimum absolute atomic E-state index is 0.0192. The van der Waals surface area contributed by atoms with Crippen LogP contribution in [-0.2, 0) is 4.79 Å². The second kappa shape index (κ2) is 7.89. The number of pyridine rings is 1. The minimum Gasteiger partial charge on any atom is -0.406 e. The second-order valence-corrected chi connectivity index (χ2v) is 7.04. The lowest BCUT2D eigenvalue weighted by Gasteiger charge is -2.34. The monoisotopic (exact) mass is 433 g/mol. The Kier molecular flexibility index (Phi) is 5.25. The maximum Gasteiger partial charge on any atom is 0.573 e. The van der Waals surface area contributed by atoms with Gasteiger partial charge < -0.3 is 14.5 Å². The zero-order valence-corrected chi connectivity index (χ0v) is 16.5. The molecule has 1 aliphatic heterocycles. The van der Waals surface area contributed by atoms with Crippen LogP contribution in [0.25, 0.3) is 17.0 Å². The number of carbonyl (C=O) groups excluding carboxylic acids is 2. The van der Waals surface area contributed by atoms with Crippen molar-refractivity contribution in [2.24, 2.45) is 0 Å². The Balaban J connectivity index is 1.57. The van der Waals surface area contributed by atoms with Gasteiger partial charge in [0.25, 0.3) is 5.91 Å². The summed E-state index contributed by atoms with van der Waals surface area (Å²) in [7, 11) is 0. The van der Waals surface area contributed by atoms with E-state index in [2.05, 4.69) is 14.9 Å². The molecule has 2 aromatic heterocycles. The van der Waals surface area contributed by atoms with E-state index in [0.717, 1.165) is 0 Å². The van der Waals surface area contributed by atoms with Crippen molar-refractivity contribution in [2.45, 2.75) is 13.3 Å². The molecule has 1 fully saturated rings. The zero-order chi connectivity index (χ0) is 22.2. The minimum atomic E-state index is -4.77. The van der Waals surface area contributed by atoms with E-state index in [-0.39, 0.29) is 17.6 Å². The Labute approximate surface area is 174 Å². The molecular weight excluding hydrogens is 415 g/mol. The van der Waals surface area contributed by atoms with Crippen LogP contribution in [0.15, 0.2) is 42.6 Å². The van der Waals surface area contributed by atoms with Crippen LogP contribution in [0.5, 0.6) is 5.75 Å². The van der Waals surface area contributed by atoms with Crippen LogP contribution in [0.3, 0.4) is 0 Å². The fourth-order valence-electron chi connectivity index (χ4n) is 3.43. The van der Waals surface area contributed by atoms with Crippen molar-refractivity contribution in [3.63, 3.8) is 0 Å². The highest BCUT2D eigenvalue weighted by molar-refractivity contribution is 5.94. The summed E-state index contributed by atoms with van der Waals surface area (Å²) in [6, 6.07) is 8.55. The van der Waals surface area contributed by atoms with Crippen LogP contribution < -0.4 is 4.74 Å². The van der Waals surface area contributed by atoms with Crippen LogP contribution in [0.1, 0.15) is 17.3 Å². The molecule has 0 atom stereocenters. The summed E-state index contributed by atoms with van der Waals surface area (Å²) >= 11 is 0. The van der Waals surface area contributed by atoms with E-state index in [4.69, 9.17) is 0 Å². The van der Waals surface area contributed by atoms with Gasteiger partial charge in [0, 0.05) is 44.9 Å². The summed E-state index contributed by atoms with van der Waals surface area (Å²) in [5.74, 6) is -0.164. The molecule has 1 saturated heterocycles. The second-order valence-electron chi connectivity index (χ2n) is 7.04. The molecular formula is C20H18F3N5O3. The van der Waals surface area contributed by atoms with Crippen LogP contribution in [-0.4, -0.2) is 68.8 Å². The molecule has 31 heavy (non-hydrogen) atoms. The van der Waals surface area contributed by atoms with Crippen LogP contribution in [0.2, 0.25) is 0 Å². The van der Waals surface area contributed by atoms with Gasteiger partial charge in [-0.3, -0.25) is 14.0 Å². The number of alkyl halides is 3. The summed E-state index contributed by atoms with van der Waals surface area (Å²) in [6.07, 6.45) is -3.17. The average molecular weight is 433 g/mol. The fourth-order valence-corrected chi connectivity index (χ4v) is 3.43. The molecule has 2 amide bonds. The first kappa shape index (κ1) is 20.6. The van der Waals surface area contributed by atoms with E-state index < -0.39 is 6.36 Å². The van der Waals surface area contributed by atoms with E-state index in [1.807, 2.05) is 0 Å². The molecule has 1 aromatic carbocycles. The van der Waals surface area contributed by atoms with Gasteiger partial charge in [0.05, 0.1) is 5.56 Å². The van der Waals surface area contributed by atoms with Crippen molar-refractivity contribution in [1.82, 2.24) is 24.4 Å². The quantitative estimate of drug-likeness (QED) is 0.635. The van der Waals surface area contributed by atoms with E-state index in [0.29, 0.717) is 48.8 Å². The topological polar surface area (TPSA) is 80.0 Å². The summed E-state index contributed by atoms with van der Waals surface area (Å²) in [6.45, 7) is 3.33. The fraction of sp³-hybridized carbons (Fsp3) is 0.300. The number of halogens is 3. The summed E-state index contributed by atoms with van der Waals surface area (Å²) in [5.41, 5.74) is 1.42. The first-order chi connectivity index (χ1) is 14.7. The molecule has 0 spiro atoms. The number of benzene rings is 1. The predicted octanol–water partition coefficient (Wildman–Crippen LogP) is 2.60. The molecule has 162 valence electrons. The Hall–Kier alpha value is -3.63. The first-order valence-electron chi connectivity index (χ1n) is 9.47. The van der Waals surface area contributed by atoms with Gasteiger partial charge >= 0.3 is 6.36 Å². The standard InChI is InChI=1S/C20H18F3N5O3/c1-13(29)26-8-10-27(11-9-26)19(30)15-4-7-17-24-25-18(28(17)12-15)14-2-5-16(6-3-14)31-20(21,22)23/h2-7,12H,8-11H2,1H3. The Morgan fingerprint density at radius 2 is 1.58 bits per heavy atom. The maximum atomic E-state index is 12.9. The smallest absolute Gasteiger partial charge is 0.406 e. The molecule has 1 aliphatic rings. The Morgan fingerprint density at radius 3 is 2.19 bits per heavy atom. The third kappa shape index (κ3) is 4.44. The van der Waals surface area contributed by atoms with Gasteiger partial charge in [-0.2, -0.15) is 0 Å². The van der Waals surface area contributed by atoms with Gasteiger partial charge in [0.1, 0.15) is 5.75 Å².